The number of benzene rings is 2. The Bertz CT molecular complexity index is 1170. The molecule has 3 aromatic rings. The first kappa shape index (κ1) is 21.1. The molecule has 2 aromatic carbocycles. The van der Waals surface area contributed by atoms with Crippen molar-refractivity contribution in [3.05, 3.63) is 81.0 Å². The van der Waals surface area contributed by atoms with E-state index in [0.29, 0.717) is 30.6 Å². The molecule has 1 aromatic heterocycles. The highest BCUT2D eigenvalue weighted by Gasteiger charge is 2.36. The molecule has 1 unspecified atom stereocenters. The Balaban J connectivity index is 1.51. The summed E-state index contributed by atoms with van der Waals surface area (Å²) in [4.78, 5) is 42.8. The molecule has 1 N–H and O–H groups in total. The van der Waals surface area contributed by atoms with Crippen molar-refractivity contribution in [1.82, 2.24) is 14.5 Å². The Labute approximate surface area is 180 Å². The van der Waals surface area contributed by atoms with Gasteiger partial charge in [-0.1, -0.05) is 42.5 Å². The van der Waals surface area contributed by atoms with E-state index in [1.807, 2.05) is 25.1 Å². The van der Waals surface area contributed by atoms with E-state index in [1.54, 1.807) is 24.3 Å². The van der Waals surface area contributed by atoms with Gasteiger partial charge in [0.25, 0.3) is 5.56 Å². The first-order valence-electron chi connectivity index (χ1n) is 10.7. The largest absolute Gasteiger partial charge is 0.466 e. The third-order valence-electron chi connectivity index (χ3n) is 6.04. The summed E-state index contributed by atoms with van der Waals surface area (Å²) in [7, 11) is 0. The van der Waals surface area contributed by atoms with Gasteiger partial charge >= 0.3 is 11.7 Å². The second-order valence-corrected chi connectivity index (χ2v) is 7.90. The Kier molecular flexibility index (Phi) is 6.32. The van der Waals surface area contributed by atoms with Crippen LogP contribution in [0.2, 0.25) is 0 Å². The smallest absolute Gasteiger partial charge is 0.328 e. The lowest BCUT2D eigenvalue weighted by Crippen LogP contribution is -2.46. The first-order chi connectivity index (χ1) is 15.1. The number of carbonyl (C=O) groups is 1. The van der Waals surface area contributed by atoms with Gasteiger partial charge in [0.2, 0.25) is 0 Å². The zero-order chi connectivity index (χ0) is 21.8. The molecular weight excluding hydrogens is 394 g/mol. The van der Waals surface area contributed by atoms with Gasteiger partial charge < -0.3 is 14.6 Å². The van der Waals surface area contributed by atoms with Crippen LogP contribution in [0.15, 0.2) is 64.2 Å². The van der Waals surface area contributed by atoms with Crippen LogP contribution in [0.3, 0.4) is 0 Å². The number of aromatic amines is 1. The maximum atomic E-state index is 12.8. The molecule has 0 aliphatic carbocycles. The zero-order valence-electron chi connectivity index (χ0n) is 17.6. The van der Waals surface area contributed by atoms with E-state index in [1.165, 1.54) is 4.57 Å². The van der Waals surface area contributed by atoms with Crippen molar-refractivity contribution in [3.8, 4) is 0 Å². The quantitative estimate of drug-likeness (QED) is 0.618. The maximum absolute atomic E-state index is 12.8. The molecule has 162 valence electrons. The average Bonchev–Trinajstić information content (AvgIpc) is 2.79. The van der Waals surface area contributed by atoms with Gasteiger partial charge in [-0.15, -0.1) is 0 Å². The van der Waals surface area contributed by atoms with Gasteiger partial charge in [-0.2, -0.15) is 0 Å². The predicted octanol–water partition coefficient (Wildman–Crippen LogP) is 2.36. The summed E-state index contributed by atoms with van der Waals surface area (Å²) in [5.41, 5.74) is 0.979. The van der Waals surface area contributed by atoms with Gasteiger partial charge in [-0.3, -0.25) is 14.2 Å². The van der Waals surface area contributed by atoms with E-state index >= 15 is 0 Å². The monoisotopic (exact) mass is 421 g/mol. The number of nitrogens with zero attached hydrogens (tertiary/aromatic N) is 2. The van der Waals surface area contributed by atoms with E-state index in [0.717, 1.165) is 18.5 Å². The third-order valence-corrected chi connectivity index (χ3v) is 6.04. The van der Waals surface area contributed by atoms with Crippen molar-refractivity contribution in [1.29, 1.82) is 0 Å². The van der Waals surface area contributed by atoms with Crippen molar-refractivity contribution >= 4 is 16.9 Å². The molecule has 2 atom stereocenters. The number of hydrogen-bond donors (Lipinski definition) is 1. The van der Waals surface area contributed by atoms with Crippen LogP contribution in [0.1, 0.15) is 24.8 Å². The Morgan fingerprint density at radius 3 is 2.58 bits per heavy atom. The van der Waals surface area contributed by atoms with Gasteiger partial charge in [0.15, 0.2) is 0 Å². The standard InChI is InChI=1S/C24H27N3O4/c1-2-31-23(29)20-16-26(13-12-18(20)17-8-4-3-5-9-17)14-15-27-22(28)19-10-6-7-11-21(19)25-24(27)30/h3-11,18,20H,2,12-16H2,1H3,(H,25,30)/t18?,20-/m1/s1. The SMILES string of the molecule is CCOC(=O)[C@@H]1CN(CCn2c(=O)[nH]c3ccccc3c2=O)CCC1c1ccccc1. The molecule has 4 rings (SSSR count). The van der Waals surface area contributed by atoms with Crippen molar-refractivity contribution in [2.45, 2.75) is 25.8 Å². The molecule has 0 spiro atoms. The highest BCUT2D eigenvalue weighted by molar-refractivity contribution is 5.77. The van der Waals surface area contributed by atoms with Crippen LogP contribution in [-0.2, 0) is 16.1 Å². The highest BCUT2D eigenvalue weighted by atomic mass is 16.5. The second kappa shape index (κ2) is 9.31. The van der Waals surface area contributed by atoms with Crippen molar-refractivity contribution in [2.75, 3.05) is 26.2 Å². The number of para-hydroxylation sites is 1. The number of carbonyl (C=O) groups excluding carboxylic acids is 1. The second-order valence-electron chi connectivity index (χ2n) is 7.90. The summed E-state index contributed by atoms with van der Waals surface area (Å²) in [5.74, 6) is -0.368. The number of piperidine rings is 1. The number of nitrogens with one attached hydrogen (secondary N) is 1. The molecule has 1 saturated heterocycles. The van der Waals surface area contributed by atoms with Crippen LogP contribution in [0.5, 0.6) is 0 Å². The number of esters is 1. The van der Waals surface area contributed by atoms with Crippen molar-refractivity contribution in [3.63, 3.8) is 0 Å². The van der Waals surface area contributed by atoms with Crippen LogP contribution >= 0.6 is 0 Å². The molecule has 31 heavy (non-hydrogen) atoms. The lowest BCUT2D eigenvalue weighted by atomic mass is 9.80. The molecule has 1 fully saturated rings. The lowest BCUT2D eigenvalue weighted by Gasteiger charge is -2.37. The lowest BCUT2D eigenvalue weighted by molar-refractivity contribution is -0.150. The number of fused-ring (bicyclic) bond motifs is 1. The molecular formula is C24H27N3O4. The van der Waals surface area contributed by atoms with Gasteiger partial charge in [0.1, 0.15) is 0 Å². The minimum Gasteiger partial charge on any atom is -0.466 e. The number of hydrogen-bond acceptors (Lipinski definition) is 5. The molecule has 1 aliphatic heterocycles. The van der Waals surface area contributed by atoms with Crippen molar-refractivity contribution < 1.29 is 9.53 Å². The normalized spacial score (nSPS) is 19.4. The average molecular weight is 421 g/mol. The fourth-order valence-electron chi connectivity index (χ4n) is 4.45. The van der Waals surface area contributed by atoms with Crippen LogP contribution < -0.4 is 11.2 Å². The predicted molar refractivity (Wildman–Crippen MR) is 119 cm³/mol. The number of aromatic nitrogens is 2. The fraction of sp³-hybridized carbons (Fsp3) is 0.375. The summed E-state index contributed by atoms with van der Waals surface area (Å²) in [6, 6.07) is 17.1. The van der Waals surface area contributed by atoms with Gasteiger partial charge in [0.05, 0.1) is 23.4 Å². The van der Waals surface area contributed by atoms with Gasteiger partial charge in [-0.25, -0.2) is 4.79 Å². The van der Waals surface area contributed by atoms with Crippen LogP contribution in [0.25, 0.3) is 10.9 Å². The minimum absolute atomic E-state index is 0.100. The maximum Gasteiger partial charge on any atom is 0.328 e. The van der Waals surface area contributed by atoms with E-state index in [4.69, 9.17) is 4.74 Å². The Morgan fingerprint density at radius 2 is 1.81 bits per heavy atom. The van der Waals surface area contributed by atoms with E-state index in [9.17, 15) is 14.4 Å². The van der Waals surface area contributed by atoms with E-state index < -0.39 is 5.69 Å². The summed E-state index contributed by atoms with van der Waals surface area (Å²) >= 11 is 0. The Morgan fingerprint density at radius 1 is 1.06 bits per heavy atom. The van der Waals surface area contributed by atoms with E-state index in [2.05, 4.69) is 22.0 Å². The molecule has 0 radical (unpaired) electrons. The number of ether oxygens (including phenoxy) is 1. The summed E-state index contributed by atoms with van der Waals surface area (Å²) < 4.78 is 6.60. The fourth-order valence-corrected chi connectivity index (χ4v) is 4.45. The first-order valence-corrected chi connectivity index (χ1v) is 10.7. The summed E-state index contributed by atoms with van der Waals surface area (Å²) in [5, 5.41) is 0.495. The summed E-state index contributed by atoms with van der Waals surface area (Å²) in [6.07, 6.45) is 0.816. The number of H-pyrrole nitrogens is 1. The molecule has 0 bridgehead atoms. The molecule has 1 aliphatic rings. The molecule has 7 nitrogen and oxygen atoms in total. The van der Waals surface area contributed by atoms with E-state index in [-0.39, 0.29) is 29.9 Å². The van der Waals surface area contributed by atoms with Gasteiger partial charge in [-0.05, 0) is 43.5 Å². The van der Waals surface area contributed by atoms with Crippen LogP contribution in [-0.4, -0.2) is 46.7 Å². The molecule has 0 saturated carbocycles. The van der Waals surface area contributed by atoms with Crippen LogP contribution in [0, 0.1) is 5.92 Å². The number of rotatable bonds is 6. The highest BCUT2D eigenvalue weighted by Crippen LogP contribution is 2.33. The van der Waals surface area contributed by atoms with Gasteiger partial charge in [0, 0.05) is 19.6 Å². The minimum atomic E-state index is -0.412. The molecule has 7 heteroatoms. The topological polar surface area (TPSA) is 84.4 Å². The number of likely N-dealkylation sites (tertiary alicyclic amines) is 1. The zero-order valence-corrected chi connectivity index (χ0v) is 17.6. The molecule has 0 amide bonds. The molecule has 2 heterocycles. The van der Waals surface area contributed by atoms with Crippen molar-refractivity contribution in [2.24, 2.45) is 5.92 Å². The Hall–Kier alpha value is -3.19. The van der Waals surface area contributed by atoms with Crippen LogP contribution in [0.4, 0.5) is 0 Å². The third kappa shape index (κ3) is 4.46. The summed E-state index contributed by atoms with van der Waals surface area (Å²) in [6.45, 7) is 4.27.